The Morgan fingerprint density at radius 2 is 2.03 bits per heavy atom. The minimum Gasteiger partial charge on any atom is -0.345 e. The Morgan fingerprint density at radius 1 is 1.29 bits per heavy atom. The van der Waals surface area contributed by atoms with Gasteiger partial charge in [-0.15, -0.1) is 0 Å². The molecule has 0 spiro atoms. The molecule has 158 valence electrons. The van der Waals surface area contributed by atoms with E-state index in [1.165, 1.54) is 6.20 Å². The average Bonchev–Trinajstić information content (AvgIpc) is 3.18. The summed E-state index contributed by atoms with van der Waals surface area (Å²) in [6.45, 7) is 2.49. The molecule has 1 aromatic carbocycles. The zero-order valence-corrected chi connectivity index (χ0v) is 17.8. The number of nitriles is 1. The maximum absolute atomic E-state index is 13.3. The van der Waals surface area contributed by atoms with Gasteiger partial charge in [0.05, 0.1) is 33.1 Å². The number of benzene rings is 1. The fourth-order valence-corrected chi connectivity index (χ4v) is 4.03. The smallest absolute Gasteiger partial charge is 0.345 e. The first-order valence-corrected chi connectivity index (χ1v) is 10.1. The molecule has 0 amide bonds. The number of hydrogen-bond acceptors (Lipinski definition) is 5. The number of nitrogens with one attached hydrogen (secondary N) is 2. The van der Waals surface area contributed by atoms with Crippen molar-refractivity contribution in [2.24, 2.45) is 4.99 Å². The van der Waals surface area contributed by atoms with Crippen LogP contribution in [0.5, 0.6) is 0 Å². The standard InChI is InChI=1S/C21H16BrF3N6/c1-2-27-20-30-17(15(9-26)18(31(20)22)12-6-4-3-5-7-12)16-11-29-19-14(16)8-13(10-28-19)21(23,24)25/h3-8,10-11,20,27H,2H2,1H3,(H,28,29). The molecule has 10 heteroatoms. The molecule has 1 atom stereocenters. The molecule has 6 nitrogen and oxygen atoms in total. The van der Waals surface area contributed by atoms with Crippen LogP contribution in [0.4, 0.5) is 13.2 Å². The molecule has 2 aromatic heterocycles. The molecule has 0 saturated carbocycles. The summed E-state index contributed by atoms with van der Waals surface area (Å²) >= 11 is 3.50. The summed E-state index contributed by atoms with van der Waals surface area (Å²) in [6.07, 6.45) is -2.80. The lowest BCUT2D eigenvalue weighted by atomic mass is 9.96. The normalized spacial score (nSPS) is 17.1. The summed E-state index contributed by atoms with van der Waals surface area (Å²) in [7, 11) is 0. The Morgan fingerprint density at radius 3 is 2.68 bits per heavy atom. The first-order chi connectivity index (χ1) is 14.8. The molecular weight excluding hydrogens is 473 g/mol. The van der Waals surface area contributed by atoms with Crippen molar-refractivity contribution in [3.8, 4) is 6.07 Å². The molecule has 1 aliphatic rings. The number of halogens is 4. The first-order valence-electron chi connectivity index (χ1n) is 9.36. The monoisotopic (exact) mass is 488 g/mol. The van der Waals surface area contributed by atoms with Gasteiger partial charge in [0.25, 0.3) is 0 Å². The number of rotatable bonds is 4. The minimum atomic E-state index is -4.54. The molecule has 31 heavy (non-hydrogen) atoms. The summed E-state index contributed by atoms with van der Waals surface area (Å²) in [4.78, 5) is 11.4. The fourth-order valence-electron chi connectivity index (χ4n) is 3.42. The van der Waals surface area contributed by atoms with Crippen LogP contribution in [-0.4, -0.2) is 32.4 Å². The summed E-state index contributed by atoms with van der Waals surface area (Å²) in [5.41, 5.74) is 1.64. The molecule has 1 unspecified atom stereocenters. The van der Waals surface area contributed by atoms with E-state index in [0.29, 0.717) is 17.8 Å². The Labute approximate surface area is 184 Å². The number of aromatic nitrogens is 2. The van der Waals surface area contributed by atoms with Gasteiger partial charge in [-0.3, -0.25) is 9.24 Å². The topological polar surface area (TPSA) is 80.1 Å². The van der Waals surface area contributed by atoms with E-state index in [1.54, 1.807) is 3.93 Å². The number of H-pyrrole nitrogens is 1. The van der Waals surface area contributed by atoms with E-state index < -0.39 is 18.0 Å². The lowest BCUT2D eigenvalue weighted by molar-refractivity contribution is -0.137. The van der Waals surface area contributed by atoms with Gasteiger partial charge < -0.3 is 4.98 Å². The highest BCUT2D eigenvalue weighted by molar-refractivity contribution is 9.07. The lowest BCUT2D eigenvalue weighted by Gasteiger charge is -2.32. The van der Waals surface area contributed by atoms with E-state index in [1.807, 2.05) is 37.3 Å². The van der Waals surface area contributed by atoms with E-state index in [9.17, 15) is 18.4 Å². The van der Waals surface area contributed by atoms with Crippen molar-refractivity contribution in [3.63, 3.8) is 0 Å². The number of nitrogens with zero attached hydrogens (tertiary/aromatic N) is 4. The zero-order valence-electron chi connectivity index (χ0n) is 16.2. The van der Waals surface area contributed by atoms with Gasteiger partial charge >= 0.3 is 6.18 Å². The van der Waals surface area contributed by atoms with Crippen molar-refractivity contribution in [1.29, 1.82) is 5.26 Å². The number of hydrogen-bond donors (Lipinski definition) is 2. The van der Waals surface area contributed by atoms with E-state index in [2.05, 4.69) is 42.5 Å². The van der Waals surface area contributed by atoms with Gasteiger partial charge in [0.2, 0.25) is 0 Å². The van der Waals surface area contributed by atoms with Crippen LogP contribution >= 0.6 is 16.1 Å². The van der Waals surface area contributed by atoms with Crippen LogP contribution in [0.3, 0.4) is 0 Å². The molecule has 1 aliphatic heterocycles. The number of aromatic amines is 1. The Bertz CT molecular complexity index is 1220. The zero-order chi connectivity index (χ0) is 22.2. The van der Waals surface area contributed by atoms with Crippen molar-refractivity contribution >= 4 is 38.6 Å². The number of aliphatic imine (C=N–C) groups is 1. The van der Waals surface area contributed by atoms with E-state index in [0.717, 1.165) is 17.8 Å². The maximum atomic E-state index is 13.3. The quantitative estimate of drug-likeness (QED) is 0.515. The number of fused-ring (bicyclic) bond motifs is 1. The second-order valence-corrected chi connectivity index (χ2v) is 7.51. The Balaban J connectivity index is 1.96. The summed E-state index contributed by atoms with van der Waals surface area (Å²) < 4.78 is 41.5. The second-order valence-electron chi connectivity index (χ2n) is 6.74. The predicted octanol–water partition coefficient (Wildman–Crippen LogP) is 4.82. The SMILES string of the molecule is CCNC1N=C(c2c[nH]c3ncc(C(F)(F)F)cc23)C(C#N)=C(c2ccccc2)N1Br. The highest BCUT2D eigenvalue weighted by Crippen LogP contribution is 2.36. The minimum absolute atomic E-state index is 0.232. The summed E-state index contributed by atoms with van der Waals surface area (Å²) in [6, 6.07) is 12.5. The van der Waals surface area contributed by atoms with Gasteiger partial charge in [0.1, 0.15) is 17.3 Å². The molecule has 0 saturated heterocycles. The molecule has 3 heterocycles. The van der Waals surface area contributed by atoms with Crippen LogP contribution in [0.25, 0.3) is 16.7 Å². The number of alkyl halides is 3. The molecule has 0 fully saturated rings. The van der Waals surface area contributed by atoms with Crippen molar-refractivity contribution in [1.82, 2.24) is 19.2 Å². The van der Waals surface area contributed by atoms with E-state index in [4.69, 9.17) is 0 Å². The van der Waals surface area contributed by atoms with E-state index in [-0.39, 0.29) is 22.3 Å². The van der Waals surface area contributed by atoms with Crippen molar-refractivity contribution in [3.05, 3.63) is 71.1 Å². The Kier molecular flexibility index (Phi) is 5.56. The van der Waals surface area contributed by atoms with Crippen molar-refractivity contribution in [2.45, 2.75) is 19.4 Å². The molecule has 3 aromatic rings. The number of pyridine rings is 1. The van der Waals surface area contributed by atoms with Gasteiger partial charge in [-0.05, 0) is 12.6 Å². The fraction of sp³-hybridized carbons (Fsp3) is 0.190. The Hall–Kier alpha value is -3.16. The summed E-state index contributed by atoms with van der Waals surface area (Å²) in [5, 5.41) is 13.5. The van der Waals surface area contributed by atoms with Gasteiger partial charge in [0, 0.05) is 28.9 Å². The molecule has 4 rings (SSSR count). The van der Waals surface area contributed by atoms with Crippen LogP contribution in [0.2, 0.25) is 0 Å². The van der Waals surface area contributed by atoms with Gasteiger partial charge in [0.15, 0.2) is 6.29 Å². The molecule has 2 N–H and O–H groups in total. The van der Waals surface area contributed by atoms with Gasteiger partial charge in [-0.1, -0.05) is 37.3 Å². The second kappa shape index (κ2) is 8.17. The average molecular weight is 489 g/mol. The predicted molar refractivity (Wildman–Crippen MR) is 115 cm³/mol. The van der Waals surface area contributed by atoms with Gasteiger partial charge in [-0.25, -0.2) is 9.98 Å². The third-order valence-corrected chi connectivity index (χ3v) is 5.56. The van der Waals surface area contributed by atoms with Crippen LogP contribution in [0.15, 0.2) is 59.4 Å². The molecule has 0 bridgehead atoms. The summed E-state index contributed by atoms with van der Waals surface area (Å²) in [5.74, 6) is 0. The van der Waals surface area contributed by atoms with Gasteiger partial charge in [-0.2, -0.15) is 18.4 Å². The molecule has 0 aliphatic carbocycles. The van der Waals surface area contributed by atoms with E-state index >= 15 is 0 Å². The maximum Gasteiger partial charge on any atom is 0.417 e. The van der Waals surface area contributed by atoms with Crippen LogP contribution < -0.4 is 5.32 Å². The van der Waals surface area contributed by atoms with Crippen LogP contribution in [0, 0.1) is 11.3 Å². The lowest BCUT2D eigenvalue weighted by Crippen LogP contribution is -2.42. The third kappa shape index (κ3) is 3.82. The largest absolute Gasteiger partial charge is 0.417 e. The number of allylic oxidation sites excluding steroid dienone is 1. The van der Waals surface area contributed by atoms with Crippen molar-refractivity contribution in [2.75, 3.05) is 6.54 Å². The first kappa shape index (κ1) is 21.1. The highest BCUT2D eigenvalue weighted by atomic mass is 79.9. The third-order valence-electron chi connectivity index (χ3n) is 4.81. The molecular formula is C21H16BrF3N6. The molecule has 0 radical (unpaired) electrons. The highest BCUT2D eigenvalue weighted by Gasteiger charge is 2.34. The van der Waals surface area contributed by atoms with Crippen LogP contribution in [-0.2, 0) is 6.18 Å². The van der Waals surface area contributed by atoms with Crippen molar-refractivity contribution < 1.29 is 13.2 Å². The van der Waals surface area contributed by atoms with Crippen LogP contribution in [0.1, 0.15) is 23.6 Å².